The van der Waals surface area contributed by atoms with Crippen LogP contribution < -0.4 is 0 Å². The zero-order valence-electron chi connectivity index (χ0n) is 13.1. The van der Waals surface area contributed by atoms with Crippen molar-refractivity contribution in [1.29, 1.82) is 0 Å². The summed E-state index contributed by atoms with van der Waals surface area (Å²) in [7, 11) is -3.40. The first-order valence-corrected chi connectivity index (χ1v) is 10.0. The van der Waals surface area contributed by atoms with Crippen LogP contribution in [0.1, 0.15) is 24.8 Å². The Balaban J connectivity index is 1.74. The molecule has 0 atom stereocenters. The van der Waals surface area contributed by atoms with Crippen LogP contribution in [0.15, 0.2) is 57.4 Å². The van der Waals surface area contributed by atoms with E-state index in [1.807, 2.05) is 19.1 Å². The maximum absolute atomic E-state index is 12.6. The highest BCUT2D eigenvalue weighted by atomic mass is 32.2. The summed E-state index contributed by atoms with van der Waals surface area (Å²) in [5.74, 6) is 0. The monoisotopic (exact) mass is 348 g/mol. The molecule has 0 amide bonds. The van der Waals surface area contributed by atoms with Crippen molar-refractivity contribution in [1.82, 2.24) is 9.29 Å². The average molecular weight is 348 g/mol. The van der Waals surface area contributed by atoms with Gasteiger partial charge in [-0.25, -0.2) is 13.4 Å². The Bertz CT molecular complexity index is 750. The topological polar surface area (TPSA) is 50.3 Å². The van der Waals surface area contributed by atoms with Gasteiger partial charge in [-0.3, -0.25) is 0 Å². The molecule has 0 N–H and O–H groups in total. The molecular weight excluding hydrogens is 328 g/mol. The molecule has 23 heavy (non-hydrogen) atoms. The minimum Gasteiger partial charge on any atom is -0.248 e. The molecule has 1 aliphatic heterocycles. The highest BCUT2D eigenvalue weighted by Gasteiger charge is 2.26. The van der Waals surface area contributed by atoms with E-state index in [-0.39, 0.29) is 4.90 Å². The number of aryl methyl sites for hydroxylation is 1. The van der Waals surface area contributed by atoms with Crippen molar-refractivity contribution in [3.8, 4) is 0 Å². The third kappa shape index (κ3) is 3.94. The molecule has 122 valence electrons. The molecule has 1 fully saturated rings. The van der Waals surface area contributed by atoms with Crippen LogP contribution in [0.4, 0.5) is 0 Å². The summed E-state index contributed by atoms with van der Waals surface area (Å²) in [5.41, 5.74) is 1.21. The van der Waals surface area contributed by atoms with Gasteiger partial charge >= 0.3 is 0 Å². The highest BCUT2D eigenvalue weighted by Crippen LogP contribution is 2.27. The second-order valence-electron chi connectivity index (χ2n) is 5.71. The van der Waals surface area contributed by atoms with Crippen LogP contribution in [-0.4, -0.2) is 30.8 Å². The van der Waals surface area contributed by atoms with E-state index < -0.39 is 10.0 Å². The number of sulfonamides is 1. The third-order valence-corrected chi connectivity index (χ3v) is 6.75. The number of hydrogen-bond donors (Lipinski definition) is 0. The normalized spacial score (nSPS) is 16.4. The van der Waals surface area contributed by atoms with Crippen molar-refractivity contribution in [2.24, 2.45) is 0 Å². The predicted molar refractivity (Wildman–Crippen MR) is 92.1 cm³/mol. The van der Waals surface area contributed by atoms with E-state index in [0.717, 1.165) is 29.2 Å². The van der Waals surface area contributed by atoms with Crippen LogP contribution in [0.25, 0.3) is 0 Å². The molecule has 6 heteroatoms. The lowest BCUT2D eigenvalue weighted by Gasteiger charge is -2.25. The van der Waals surface area contributed by atoms with Crippen LogP contribution in [0, 0.1) is 6.92 Å². The summed E-state index contributed by atoms with van der Waals surface area (Å²) in [4.78, 5) is 5.69. The van der Waals surface area contributed by atoms with E-state index in [1.54, 1.807) is 16.4 Å². The molecule has 0 saturated carbocycles. The molecule has 3 rings (SSSR count). The Labute approximate surface area is 142 Å². The van der Waals surface area contributed by atoms with E-state index in [2.05, 4.69) is 17.1 Å². The lowest BCUT2D eigenvalue weighted by Crippen LogP contribution is -2.35. The number of piperidine rings is 1. The first-order valence-electron chi connectivity index (χ1n) is 7.76. The fraction of sp³-hybridized carbons (Fsp3) is 0.353. The number of hydrogen-bond acceptors (Lipinski definition) is 4. The van der Waals surface area contributed by atoms with Crippen LogP contribution in [0.2, 0.25) is 0 Å². The van der Waals surface area contributed by atoms with E-state index in [4.69, 9.17) is 0 Å². The molecule has 1 aromatic carbocycles. The van der Waals surface area contributed by atoms with Gasteiger partial charge < -0.3 is 0 Å². The highest BCUT2D eigenvalue weighted by molar-refractivity contribution is 7.99. The van der Waals surface area contributed by atoms with Gasteiger partial charge in [-0.05, 0) is 44.0 Å². The summed E-state index contributed by atoms with van der Waals surface area (Å²) in [6.45, 7) is 3.28. The van der Waals surface area contributed by atoms with Gasteiger partial charge in [0.1, 0.15) is 9.92 Å². The van der Waals surface area contributed by atoms with Gasteiger partial charge in [-0.2, -0.15) is 4.31 Å². The first kappa shape index (κ1) is 16.5. The lowest BCUT2D eigenvalue weighted by molar-refractivity contribution is 0.346. The quantitative estimate of drug-likeness (QED) is 0.845. The van der Waals surface area contributed by atoms with E-state index in [0.29, 0.717) is 13.1 Å². The van der Waals surface area contributed by atoms with Gasteiger partial charge in [0.15, 0.2) is 0 Å². The summed E-state index contributed by atoms with van der Waals surface area (Å²) in [5, 5.41) is 0.798. The van der Waals surface area contributed by atoms with Crippen LogP contribution >= 0.6 is 11.8 Å². The van der Waals surface area contributed by atoms with Crippen molar-refractivity contribution in [2.45, 2.75) is 41.0 Å². The van der Waals surface area contributed by atoms with Crippen molar-refractivity contribution in [2.75, 3.05) is 13.1 Å². The summed E-state index contributed by atoms with van der Waals surface area (Å²) >= 11 is 1.53. The van der Waals surface area contributed by atoms with Crippen LogP contribution in [0.3, 0.4) is 0 Å². The predicted octanol–water partition coefficient (Wildman–Crippen LogP) is 3.72. The number of aromatic nitrogens is 1. The molecule has 4 nitrogen and oxygen atoms in total. The van der Waals surface area contributed by atoms with Crippen molar-refractivity contribution >= 4 is 21.8 Å². The zero-order chi connectivity index (χ0) is 16.3. The van der Waals surface area contributed by atoms with E-state index in [1.165, 1.54) is 23.5 Å². The number of pyridine rings is 1. The Morgan fingerprint density at radius 1 is 1.00 bits per heavy atom. The molecule has 2 heterocycles. The summed E-state index contributed by atoms with van der Waals surface area (Å²) in [6, 6.07) is 11.6. The van der Waals surface area contributed by atoms with E-state index >= 15 is 0 Å². The van der Waals surface area contributed by atoms with Gasteiger partial charge in [0.05, 0.1) is 0 Å². The molecule has 0 radical (unpaired) electrons. The van der Waals surface area contributed by atoms with Gasteiger partial charge in [0.2, 0.25) is 10.0 Å². The third-order valence-electron chi connectivity index (χ3n) is 3.91. The van der Waals surface area contributed by atoms with Crippen LogP contribution in [0.5, 0.6) is 0 Å². The Hall–Kier alpha value is -1.37. The summed E-state index contributed by atoms with van der Waals surface area (Å²) in [6.07, 6.45) is 4.46. The van der Waals surface area contributed by atoms with Crippen molar-refractivity contribution in [3.63, 3.8) is 0 Å². The molecule has 1 saturated heterocycles. The van der Waals surface area contributed by atoms with Gasteiger partial charge in [0, 0.05) is 24.2 Å². The van der Waals surface area contributed by atoms with Gasteiger partial charge in [-0.1, -0.05) is 35.9 Å². The summed E-state index contributed by atoms with van der Waals surface area (Å²) < 4.78 is 26.7. The Morgan fingerprint density at radius 3 is 2.30 bits per heavy atom. The molecule has 0 bridgehead atoms. The minimum atomic E-state index is -3.40. The minimum absolute atomic E-state index is 0.285. The molecular formula is C17H20N2O2S2. The Morgan fingerprint density at radius 2 is 1.70 bits per heavy atom. The maximum Gasteiger partial charge on any atom is 0.244 e. The van der Waals surface area contributed by atoms with Crippen molar-refractivity contribution in [3.05, 3.63) is 48.2 Å². The average Bonchev–Trinajstić information content (AvgIpc) is 2.58. The standard InChI is InChI=1S/C17H20N2O2S2/c1-14-5-7-15(8-6-14)22-17-10-9-16(13-18-17)23(20,21)19-11-3-2-4-12-19/h5-10,13H,2-4,11-12H2,1H3. The molecule has 0 aliphatic carbocycles. The van der Waals surface area contributed by atoms with Gasteiger partial charge in [0.25, 0.3) is 0 Å². The number of nitrogens with zero attached hydrogens (tertiary/aromatic N) is 2. The SMILES string of the molecule is Cc1ccc(Sc2ccc(S(=O)(=O)N3CCCCC3)cn2)cc1. The zero-order valence-corrected chi connectivity index (χ0v) is 14.7. The lowest BCUT2D eigenvalue weighted by atomic mass is 10.2. The molecule has 2 aromatic rings. The molecule has 0 unspecified atom stereocenters. The second kappa shape index (κ2) is 7.03. The second-order valence-corrected chi connectivity index (χ2v) is 8.74. The van der Waals surface area contributed by atoms with Crippen LogP contribution in [-0.2, 0) is 10.0 Å². The first-order chi connectivity index (χ1) is 11.1. The largest absolute Gasteiger partial charge is 0.248 e. The Kier molecular flexibility index (Phi) is 5.04. The number of rotatable bonds is 4. The molecule has 0 spiro atoms. The fourth-order valence-corrected chi connectivity index (χ4v) is 4.78. The van der Waals surface area contributed by atoms with Gasteiger partial charge in [-0.15, -0.1) is 0 Å². The molecule has 1 aliphatic rings. The number of benzene rings is 1. The fourth-order valence-electron chi connectivity index (χ4n) is 2.56. The maximum atomic E-state index is 12.6. The van der Waals surface area contributed by atoms with E-state index in [9.17, 15) is 8.42 Å². The molecule has 1 aromatic heterocycles. The van der Waals surface area contributed by atoms with Crippen molar-refractivity contribution < 1.29 is 8.42 Å². The smallest absolute Gasteiger partial charge is 0.244 e.